The number of hydrogen-bond donors (Lipinski definition) is 0. The van der Waals surface area contributed by atoms with Gasteiger partial charge in [0.15, 0.2) is 5.78 Å². The van der Waals surface area contributed by atoms with Crippen molar-refractivity contribution in [3.63, 3.8) is 0 Å². The SMILES string of the molecule is CCCCC(CC)CC(=O)c1ccc2c(c1)CCC2. The van der Waals surface area contributed by atoms with Crippen LogP contribution in [-0.2, 0) is 12.8 Å². The number of ketones is 1. The van der Waals surface area contributed by atoms with Crippen LogP contribution >= 0.6 is 0 Å². The van der Waals surface area contributed by atoms with Crippen LogP contribution in [0.25, 0.3) is 0 Å². The molecule has 0 aliphatic heterocycles. The van der Waals surface area contributed by atoms with E-state index in [0.29, 0.717) is 11.7 Å². The van der Waals surface area contributed by atoms with Crippen molar-refractivity contribution in [2.75, 3.05) is 0 Å². The Hall–Kier alpha value is -1.11. The molecule has 0 radical (unpaired) electrons. The number of Topliss-reactive ketones (excluding diaryl/α,β-unsaturated/α-hetero) is 1. The lowest BCUT2D eigenvalue weighted by Crippen LogP contribution is -2.09. The Morgan fingerprint density at radius 3 is 2.74 bits per heavy atom. The summed E-state index contributed by atoms with van der Waals surface area (Å²) in [5, 5.41) is 0. The molecule has 1 aromatic rings. The van der Waals surface area contributed by atoms with Crippen molar-refractivity contribution in [2.24, 2.45) is 5.92 Å². The van der Waals surface area contributed by atoms with Crippen LogP contribution in [0, 0.1) is 5.92 Å². The molecule has 0 amide bonds. The average Bonchev–Trinajstić information content (AvgIpc) is 2.90. The van der Waals surface area contributed by atoms with Gasteiger partial charge in [0.1, 0.15) is 0 Å². The first-order valence-corrected chi connectivity index (χ1v) is 7.89. The molecule has 0 N–H and O–H groups in total. The van der Waals surface area contributed by atoms with Crippen LogP contribution in [0.3, 0.4) is 0 Å². The molecule has 0 spiro atoms. The molecular weight excluding hydrogens is 232 g/mol. The third-order valence-electron chi connectivity index (χ3n) is 4.44. The zero-order valence-corrected chi connectivity index (χ0v) is 12.4. The first-order chi connectivity index (χ1) is 9.24. The topological polar surface area (TPSA) is 17.1 Å². The summed E-state index contributed by atoms with van der Waals surface area (Å²) in [7, 11) is 0. The van der Waals surface area contributed by atoms with E-state index >= 15 is 0 Å². The van der Waals surface area contributed by atoms with E-state index < -0.39 is 0 Å². The Morgan fingerprint density at radius 1 is 1.21 bits per heavy atom. The highest BCUT2D eigenvalue weighted by atomic mass is 16.1. The molecule has 0 saturated carbocycles. The van der Waals surface area contributed by atoms with Gasteiger partial charge in [-0.25, -0.2) is 0 Å². The van der Waals surface area contributed by atoms with Crippen LogP contribution in [0.4, 0.5) is 0 Å². The van der Waals surface area contributed by atoms with Crippen LogP contribution in [-0.4, -0.2) is 5.78 Å². The van der Waals surface area contributed by atoms with Crippen LogP contribution in [0.5, 0.6) is 0 Å². The highest BCUT2D eigenvalue weighted by Crippen LogP contribution is 2.25. The molecular formula is C18H26O. The van der Waals surface area contributed by atoms with Crippen molar-refractivity contribution in [1.82, 2.24) is 0 Å². The molecule has 1 heteroatoms. The second-order valence-corrected chi connectivity index (χ2v) is 5.88. The Bertz CT molecular complexity index is 433. The Kier molecular flexibility index (Phi) is 5.18. The summed E-state index contributed by atoms with van der Waals surface area (Å²) in [5.41, 5.74) is 3.80. The highest BCUT2D eigenvalue weighted by Gasteiger charge is 2.16. The predicted molar refractivity (Wildman–Crippen MR) is 80.7 cm³/mol. The lowest BCUT2D eigenvalue weighted by molar-refractivity contribution is 0.0957. The molecule has 1 atom stereocenters. The predicted octanol–water partition coefficient (Wildman–Crippen LogP) is 4.96. The Labute approximate surface area is 117 Å². The van der Waals surface area contributed by atoms with Gasteiger partial charge in [-0.3, -0.25) is 4.79 Å². The van der Waals surface area contributed by atoms with E-state index in [2.05, 4.69) is 26.0 Å². The van der Waals surface area contributed by atoms with Gasteiger partial charge in [-0.05, 0) is 42.4 Å². The zero-order chi connectivity index (χ0) is 13.7. The van der Waals surface area contributed by atoms with Crippen LogP contribution in [0.2, 0.25) is 0 Å². The van der Waals surface area contributed by atoms with Gasteiger partial charge in [0.25, 0.3) is 0 Å². The van der Waals surface area contributed by atoms with E-state index in [0.717, 1.165) is 24.8 Å². The zero-order valence-electron chi connectivity index (χ0n) is 12.4. The van der Waals surface area contributed by atoms with E-state index in [1.165, 1.54) is 43.2 Å². The summed E-state index contributed by atoms with van der Waals surface area (Å²) in [6, 6.07) is 6.36. The second-order valence-electron chi connectivity index (χ2n) is 5.88. The molecule has 2 rings (SSSR count). The standard InChI is InChI=1S/C18H26O/c1-3-5-7-14(4-2)12-18(19)17-11-10-15-8-6-9-16(15)13-17/h10-11,13-14H,3-9,12H2,1-2H3. The largest absolute Gasteiger partial charge is 0.294 e. The van der Waals surface area contributed by atoms with Crippen LogP contribution in [0.1, 0.15) is 73.9 Å². The minimum Gasteiger partial charge on any atom is -0.294 e. The molecule has 0 saturated heterocycles. The van der Waals surface area contributed by atoms with E-state index in [4.69, 9.17) is 0 Å². The fraction of sp³-hybridized carbons (Fsp3) is 0.611. The summed E-state index contributed by atoms with van der Waals surface area (Å²) in [5.74, 6) is 0.915. The maximum Gasteiger partial charge on any atom is 0.163 e. The molecule has 1 unspecified atom stereocenters. The number of unbranched alkanes of at least 4 members (excludes halogenated alkanes) is 1. The van der Waals surface area contributed by atoms with Crippen molar-refractivity contribution in [1.29, 1.82) is 0 Å². The van der Waals surface area contributed by atoms with Gasteiger partial charge in [-0.2, -0.15) is 0 Å². The van der Waals surface area contributed by atoms with Gasteiger partial charge in [-0.15, -0.1) is 0 Å². The molecule has 1 nitrogen and oxygen atoms in total. The van der Waals surface area contributed by atoms with Crippen LogP contribution in [0.15, 0.2) is 18.2 Å². The summed E-state index contributed by atoms with van der Waals surface area (Å²) in [6.45, 7) is 4.42. The maximum atomic E-state index is 12.4. The second kappa shape index (κ2) is 6.88. The lowest BCUT2D eigenvalue weighted by Gasteiger charge is -2.13. The molecule has 0 fully saturated rings. The first kappa shape index (κ1) is 14.3. The van der Waals surface area contributed by atoms with Crippen molar-refractivity contribution < 1.29 is 4.79 Å². The first-order valence-electron chi connectivity index (χ1n) is 7.89. The normalized spacial score (nSPS) is 15.3. The van der Waals surface area contributed by atoms with Gasteiger partial charge in [0.2, 0.25) is 0 Å². The lowest BCUT2D eigenvalue weighted by atomic mass is 9.91. The van der Waals surface area contributed by atoms with Gasteiger partial charge < -0.3 is 0 Å². The Balaban J connectivity index is 1.99. The summed E-state index contributed by atoms with van der Waals surface area (Å²) in [6.07, 6.45) is 9.12. The number of carbonyl (C=O) groups excluding carboxylic acids is 1. The molecule has 0 bridgehead atoms. The van der Waals surface area contributed by atoms with Gasteiger partial charge in [0.05, 0.1) is 0 Å². The number of rotatable bonds is 7. The summed E-state index contributed by atoms with van der Waals surface area (Å²) >= 11 is 0. The highest BCUT2D eigenvalue weighted by molar-refractivity contribution is 5.96. The number of hydrogen-bond acceptors (Lipinski definition) is 1. The number of carbonyl (C=O) groups is 1. The van der Waals surface area contributed by atoms with Gasteiger partial charge in [-0.1, -0.05) is 51.7 Å². The summed E-state index contributed by atoms with van der Waals surface area (Å²) in [4.78, 5) is 12.4. The molecule has 1 aliphatic carbocycles. The number of fused-ring (bicyclic) bond motifs is 1. The fourth-order valence-electron chi connectivity index (χ4n) is 3.07. The van der Waals surface area contributed by atoms with Crippen LogP contribution < -0.4 is 0 Å². The quantitative estimate of drug-likeness (QED) is 0.631. The van der Waals surface area contributed by atoms with E-state index in [9.17, 15) is 4.79 Å². The molecule has 0 heterocycles. The fourth-order valence-corrected chi connectivity index (χ4v) is 3.07. The third-order valence-corrected chi connectivity index (χ3v) is 4.44. The minimum absolute atomic E-state index is 0.345. The molecule has 104 valence electrons. The van der Waals surface area contributed by atoms with Gasteiger partial charge in [0, 0.05) is 12.0 Å². The monoisotopic (exact) mass is 258 g/mol. The van der Waals surface area contributed by atoms with E-state index in [-0.39, 0.29) is 0 Å². The molecule has 1 aliphatic rings. The smallest absolute Gasteiger partial charge is 0.163 e. The minimum atomic E-state index is 0.345. The molecule has 1 aromatic carbocycles. The van der Waals surface area contributed by atoms with Crippen molar-refractivity contribution in [3.05, 3.63) is 34.9 Å². The molecule has 0 aromatic heterocycles. The summed E-state index contributed by atoms with van der Waals surface area (Å²) < 4.78 is 0. The number of aryl methyl sites for hydroxylation is 2. The Morgan fingerprint density at radius 2 is 2.00 bits per heavy atom. The van der Waals surface area contributed by atoms with Crippen molar-refractivity contribution >= 4 is 5.78 Å². The van der Waals surface area contributed by atoms with Crippen molar-refractivity contribution in [3.8, 4) is 0 Å². The average molecular weight is 258 g/mol. The molecule has 19 heavy (non-hydrogen) atoms. The maximum absolute atomic E-state index is 12.4. The number of benzene rings is 1. The van der Waals surface area contributed by atoms with E-state index in [1.807, 2.05) is 6.07 Å². The third kappa shape index (κ3) is 3.68. The van der Waals surface area contributed by atoms with Crippen molar-refractivity contribution in [2.45, 2.75) is 65.2 Å². The van der Waals surface area contributed by atoms with Gasteiger partial charge >= 0.3 is 0 Å². The van der Waals surface area contributed by atoms with E-state index in [1.54, 1.807) is 0 Å².